The Morgan fingerprint density at radius 2 is 1.78 bits per heavy atom. The summed E-state index contributed by atoms with van der Waals surface area (Å²) in [5, 5.41) is 9.10. The van der Waals surface area contributed by atoms with E-state index < -0.39 is 27.0 Å². The van der Waals surface area contributed by atoms with Crippen LogP contribution in [-0.4, -0.2) is 44.2 Å². The van der Waals surface area contributed by atoms with Crippen LogP contribution in [0.25, 0.3) is 10.9 Å². The molecule has 0 atom stereocenters. The molecule has 1 aromatic heterocycles. The summed E-state index contributed by atoms with van der Waals surface area (Å²) in [6, 6.07) is 9.39. The molecular weight excluding hydrogens is 436 g/mol. The van der Waals surface area contributed by atoms with Crippen LogP contribution in [-0.2, 0) is 16.4 Å². The molecule has 0 unspecified atom stereocenters. The Balaban J connectivity index is 1.77. The highest BCUT2D eigenvalue weighted by Crippen LogP contribution is 2.28. The van der Waals surface area contributed by atoms with Crippen LogP contribution in [0.1, 0.15) is 29.8 Å². The number of aromatic carboxylic acids is 1. The molecule has 170 valence electrons. The number of H-pyrrole nitrogens is 1. The number of ether oxygens (including phenoxy) is 2. The number of sulfonamides is 1. The number of carboxylic acid groups (broad SMARTS) is 1. The molecule has 1 heterocycles. The standard InChI is InChI=1S/C22H24N2O7S/c1-3-30-19-8-5-14(11-20(19)31-4-2)9-10-24-32(28,29)15-6-7-18-16(12-15)21(25)17(13-23-18)22(26)27/h5-8,11-13,24H,3-4,9-10H2,1-2H3,(H,23,25)(H,26,27). The van der Waals surface area contributed by atoms with Gasteiger partial charge in [-0.2, -0.15) is 0 Å². The van der Waals surface area contributed by atoms with E-state index in [1.807, 2.05) is 26.0 Å². The normalized spacial score (nSPS) is 11.4. The smallest absolute Gasteiger partial charge is 0.341 e. The van der Waals surface area contributed by atoms with Crippen LogP contribution in [0.3, 0.4) is 0 Å². The molecule has 2 aromatic carbocycles. The number of rotatable bonds is 10. The van der Waals surface area contributed by atoms with Gasteiger partial charge >= 0.3 is 5.97 Å². The lowest BCUT2D eigenvalue weighted by Crippen LogP contribution is -2.26. The monoisotopic (exact) mass is 460 g/mol. The number of benzene rings is 2. The highest BCUT2D eigenvalue weighted by atomic mass is 32.2. The van der Waals surface area contributed by atoms with Crippen molar-refractivity contribution in [2.24, 2.45) is 0 Å². The van der Waals surface area contributed by atoms with Crippen molar-refractivity contribution >= 4 is 26.9 Å². The minimum atomic E-state index is -3.92. The van der Waals surface area contributed by atoms with E-state index in [0.29, 0.717) is 36.7 Å². The Bertz CT molecular complexity index is 1300. The lowest BCUT2D eigenvalue weighted by Gasteiger charge is -2.13. The van der Waals surface area contributed by atoms with Crippen molar-refractivity contribution in [1.29, 1.82) is 0 Å². The van der Waals surface area contributed by atoms with E-state index in [2.05, 4.69) is 9.71 Å². The van der Waals surface area contributed by atoms with Crippen molar-refractivity contribution in [2.45, 2.75) is 25.2 Å². The fraction of sp³-hybridized carbons (Fsp3) is 0.273. The average Bonchev–Trinajstić information content (AvgIpc) is 2.75. The zero-order valence-electron chi connectivity index (χ0n) is 17.7. The van der Waals surface area contributed by atoms with Gasteiger partial charge in [-0.1, -0.05) is 6.07 Å². The van der Waals surface area contributed by atoms with Gasteiger partial charge in [0.25, 0.3) is 0 Å². The summed E-state index contributed by atoms with van der Waals surface area (Å²) in [4.78, 5) is 26.1. The van der Waals surface area contributed by atoms with Gasteiger partial charge in [0, 0.05) is 23.6 Å². The molecule has 0 saturated heterocycles. The third-order valence-electron chi connectivity index (χ3n) is 4.71. The summed E-state index contributed by atoms with van der Waals surface area (Å²) in [6.45, 7) is 4.83. The van der Waals surface area contributed by atoms with Crippen molar-refractivity contribution in [3.8, 4) is 11.5 Å². The maximum absolute atomic E-state index is 12.7. The van der Waals surface area contributed by atoms with E-state index in [9.17, 15) is 18.0 Å². The Hall–Kier alpha value is -3.37. The van der Waals surface area contributed by atoms with Crippen LogP contribution in [0.15, 0.2) is 52.3 Å². The zero-order valence-corrected chi connectivity index (χ0v) is 18.5. The molecular formula is C22H24N2O7S. The van der Waals surface area contributed by atoms with Crippen molar-refractivity contribution in [2.75, 3.05) is 19.8 Å². The van der Waals surface area contributed by atoms with Crippen molar-refractivity contribution in [3.05, 3.63) is 63.9 Å². The number of carbonyl (C=O) groups is 1. The molecule has 32 heavy (non-hydrogen) atoms. The summed E-state index contributed by atoms with van der Waals surface area (Å²) in [5.74, 6) is -0.167. The van der Waals surface area contributed by atoms with E-state index in [0.717, 1.165) is 11.8 Å². The van der Waals surface area contributed by atoms with Gasteiger partial charge in [0.1, 0.15) is 5.56 Å². The van der Waals surface area contributed by atoms with Gasteiger partial charge in [0.2, 0.25) is 15.5 Å². The van der Waals surface area contributed by atoms with E-state index in [4.69, 9.17) is 14.6 Å². The first-order chi connectivity index (χ1) is 15.3. The van der Waals surface area contributed by atoms with E-state index in [1.165, 1.54) is 18.2 Å². The first kappa shape index (κ1) is 23.3. The molecule has 9 nitrogen and oxygen atoms in total. The average molecular weight is 461 g/mol. The second-order valence-corrected chi connectivity index (χ2v) is 8.61. The first-order valence-electron chi connectivity index (χ1n) is 10.0. The van der Waals surface area contributed by atoms with Crippen molar-refractivity contribution in [1.82, 2.24) is 9.71 Å². The molecule has 0 spiro atoms. The third kappa shape index (κ3) is 5.09. The SMILES string of the molecule is CCOc1ccc(CCNS(=O)(=O)c2ccc3[nH]cc(C(=O)O)c(=O)c3c2)cc1OCC. The zero-order chi connectivity index (χ0) is 23.3. The first-order valence-corrected chi connectivity index (χ1v) is 11.5. The number of aromatic nitrogens is 1. The number of fused-ring (bicyclic) bond motifs is 1. The lowest BCUT2D eigenvalue weighted by molar-refractivity contribution is 0.0695. The summed E-state index contributed by atoms with van der Waals surface area (Å²) in [7, 11) is -3.92. The third-order valence-corrected chi connectivity index (χ3v) is 6.17. The second kappa shape index (κ2) is 9.84. The van der Waals surface area contributed by atoms with Crippen LogP contribution in [0, 0.1) is 0 Å². The van der Waals surface area contributed by atoms with E-state index in [-0.39, 0.29) is 16.8 Å². The van der Waals surface area contributed by atoms with Gasteiger partial charge in [0.15, 0.2) is 11.5 Å². The number of carboxylic acids is 1. The predicted molar refractivity (Wildman–Crippen MR) is 119 cm³/mol. The Morgan fingerprint density at radius 3 is 2.47 bits per heavy atom. The molecule has 10 heteroatoms. The number of pyridine rings is 1. The number of nitrogens with one attached hydrogen (secondary N) is 2. The van der Waals surface area contributed by atoms with Gasteiger partial charge in [-0.25, -0.2) is 17.9 Å². The molecule has 0 aliphatic carbocycles. The van der Waals surface area contributed by atoms with Crippen LogP contribution in [0.4, 0.5) is 0 Å². The topological polar surface area (TPSA) is 135 Å². The molecule has 0 aliphatic rings. The summed E-state index contributed by atoms with van der Waals surface area (Å²) in [6.07, 6.45) is 1.50. The number of aromatic amines is 1. The van der Waals surface area contributed by atoms with Gasteiger partial charge in [-0.3, -0.25) is 4.79 Å². The number of hydrogen-bond acceptors (Lipinski definition) is 6. The molecule has 0 bridgehead atoms. The molecule has 0 radical (unpaired) electrons. The van der Waals surface area contributed by atoms with Crippen LogP contribution >= 0.6 is 0 Å². The second-order valence-electron chi connectivity index (χ2n) is 6.84. The quantitative estimate of drug-likeness (QED) is 0.423. The molecule has 0 aliphatic heterocycles. The van der Waals surface area contributed by atoms with Crippen LogP contribution in [0.5, 0.6) is 11.5 Å². The van der Waals surface area contributed by atoms with Gasteiger partial charge in [-0.05, 0) is 56.2 Å². The van der Waals surface area contributed by atoms with Crippen molar-refractivity contribution < 1.29 is 27.8 Å². The minimum Gasteiger partial charge on any atom is -0.490 e. The van der Waals surface area contributed by atoms with E-state index in [1.54, 1.807) is 6.07 Å². The molecule has 3 N–H and O–H groups in total. The molecule has 3 aromatic rings. The summed E-state index contributed by atoms with van der Waals surface area (Å²) < 4.78 is 39.1. The maximum atomic E-state index is 12.7. The van der Waals surface area contributed by atoms with Gasteiger partial charge < -0.3 is 19.6 Å². The highest BCUT2D eigenvalue weighted by Gasteiger charge is 2.17. The predicted octanol–water partition coefficient (Wildman–Crippen LogP) is 2.54. The van der Waals surface area contributed by atoms with Gasteiger partial charge in [0.05, 0.1) is 18.1 Å². The molecule has 0 saturated carbocycles. The molecule has 3 rings (SSSR count). The molecule has 0 amide bonds. The summed E-state index contributed by atoms with van der Waals surface area (Å²) >= 11 is 0. The number of hydrogen-bond donors (Lipinski definition) is 3. The van der Waals surface area contributed by atoms with E-state index >= 15 is 0 Å². The van der Waals surface area contributed by atoms with Crippen LogP contribution in [0.2, 0.25) is 0 Å². The van der Waals surface area contributed by atoms with Gasteiger partial charge in [-0.15, -0.1) is 0 Å². The van der Waals surface area contributed by atoms with Crippen LogP contribution < -0.4 is 19.6 Å². The fourth-order valence-electron chi connectivity index (χ4n) is 3.19. The Kier molecular flexibility index (Phi) is 7.16. The highest BCUT2D eigenvalue weighted by molar-refractivity contribution is 7.89. The Morgan fingerprint density at radius 1 is 1.06 bits per heavy atom. The summed E-state index contributed by atoms with van der Waals surface area (Å²) in [5.41, 5.74) is -0.000740. The lowest BCUT2D eigenvalue weighted by atomic mass is 10.1. The molecule has 0 fully saturated rings. The van der Waals surface area contributed by atoms with Crippen molar-refractivity contribution in [3.63, 3.8) is 0 Å². The largest absolute Gasteiger partial charge is 0.490 e. The Labute approximate surface area is 185 Å². The maximum Gasteiger partial charge on any atom is 0.341 e. The fourth-order valence-corrected chi connectivity index (χ4v) is 4.25. The minimum absolute atomic E-state index is 0.0133.